The van der Waals surface area contributed by atoms with E-state index in [1.54, 1.807) is 24.3 Å². The highest BCUT2D eigenvalue weighted by Crippen LogP contribution is 2.40. The number of carbonyl (C=O) groups is 2. The maximum Gasteiger partial charge on any atom is 0.295 e. The molecule has 0 aliphatic carbocycles. The number of ketones is 1. The Morgan fingerprint density at radius 2 is 1.91 bits per heavy atom. The molecular weight excluding hydrogens is 428 g/mol. The normalized spacial score (nSPS) is 17.6. The van der Waals surface area contributed by atoms with Gasteiger partial charge in [0.2, 0.25) is 0 Å². The van der Waals surface area contributed by atoms with E-state index in [4.69, 9.17) is 9.47 Å². The Morgan fingerprint density at radius 1 is 1.18 bits per heavy atom. The summed E-state index contributed by atoms with van der Waals surface area (Å²) in [7, 11) is 1.50. The lowest BCUT2D eigenvalue weighted by molar-refractivity contribution is -0.384. The van der Waals surface area contributed by atoms with Crippen LogP contribution in [0.2, 0.25) is 0 Å². The number of rotatable bonds is 9. The molecule has 9 heteroatoms. The van der Waals surface area contributed by atoms with E-state index in [2.05, 4.69) is 0 Å². The van der Waals surface area contributed by atoms with Crippen LogP contribution in [-0.4, -0.2) is 53.0 Å². The molecule has 0 bridgehead atoms. The number of aliphatic hydroxyl groups is 1. The van der Waals surface area contributed by atoms with Gasteiger partial charge in [-0.2, -0.15) is 0 Å². The Kier molecular flexibility index (Phi) is 7.44. The van der Waals surface area contributed by atoms with E-state index >= 15 is 0 Å². The highest BCUT2D eigenvalue weighted by molar-refractivity contribution is 6.46. The number of ether oxygens (including phenoxy) is 2. The number of benzene rings is 2. The van der Waals surface area contributed by atoms with Gasteiger partial charge in [-0.05, 0) is 38.0 Å². The average Bonchev–Trinajstić information content (AvgIpc) is 3.06. The third kappa shape index (κ3) is 5.20. The zero-order valence-corrected chi connectivity index (χ0v) is 18.7. The summed E-state index contributed by atoms with van der Waals surface area (Å²) in [6.07, 6.45) is 0.520. The molecule has 3 rings (SSSR count). The van der Waals surface area contributed by atoms with Crippen molar-refractivity contribution in [3.8, 4) is 5.75 Å². The Balaban J connectivity index is 2.08. The van der Waals surface area contributed by atoms with Crippen LogP contribution in [0, 0.1) is 10.1 Å². The van der Waals surface area contributed by atoms with Crippen molar-refractivity contribution in [2.24, 2.45) is 0 Å². The van der Waals surface area contributed by atoms with Gasteiger partial charge in [-0.15, -0.1) is 0 Å². The number of Topliss-reactive ketones (excluding diaryl/α,β-unsaturated/α-hetero) is 1. The number of nitrogens with zero attached hydrogens (tertiary/aromatic N) is 2. The number of nitro benzene ring substituents is 1. The smallest absolute Gasteiger partial charge is 0.295 e. The van der Waals surface area contributed by atoms with E-state index < -0.39 is 28.4 Å². The number of methoxy groups -OCH3 is 1. The number of carbonyl (C=O) groups excluding carboxylic acids is 2. The quantitative estimate of drug-likeness (QED) is 0.153. The Labute approximate surface area is 191 Å². The lowest BCUT2D eigenvalue weighted by Gasteiger charge is -2.25. The summed E-state index contributed by atoms with van der Waals surface area (Å²) >= 11 is 0. The standard InChI is InChI=1S/C24H26N2O7/c1-15(2)33-12-6-11-25-21(16-7-5-10-19(14-16)32-3)20(23(28)24(25)29)22(27)17-8-4-9-18(13-17)26(30)31/h4-5,7-10,13-15,21,27H,6,11-12H2,1-3H3/t21-/m1/s1. The second-order valence-electron chi connectivity index (χ2n) is 7.85. The number of non-ortho nitro benzene ring substituents is 1. The summed E-state index contributed by atoms with van der Waals surface area (Å²) in [5.41, 5.74) is 0.291. The number of aliphatic hydroxyl groups excluding tert-OH is 1. The summed E-state index contributed by atoms with van der Waals surface area (Å²) in [6.45, 7) is 4.43. The summed E-state index contributed by atoms with van der Waals surface area (Å²) < 4.78 is 10.8. The maximum atomic E-state index is 13.0. The first-order chi connectivity index (χ1) is 15.7. The van der Waals surface area contributed by atoms with Crippen LogP contribution in [0.4, 0.5) is 5.69 Å². The molecule has 2 aromatic carbocycles. The lowest BCUT2D eigenvalue weighted by atomic mass is 9.95. The van der Waals surface area contributed by atoms with Gasteiger partial charge in [0.15, 0.2) is 0 Å². The molecule has 1 atom stereocenters. The predicted molar refractivity (Wildman–Crippen MR) is 121 cm³/mol. The molecule has 1 amide bonds. The van der Waals surface area contributed by atoms with Crippen molar-refractivity contribution in [3.63, 3.8) is 0 Å². The fraction of sp³-hybridized carbons (Fsp3) is 0.333. The minimum absolute atomic E-state index is 0.0310. The minimum atomic E-state index is -0.876. The Hall–Kier alpha value is -3.72. The van der Waals surface area contributed by atoms with Crippen LogP contribution in [0.1, 0.15) is 37.4 Å². The van der Waals surface area contributed by atoms with E-state index in [0.29, 0.717) is 24.3 Å². The monoisotopic (exact) mass is 454 g/mol. The SMILES string of the molecule is COc1cccc([C@@H]2C(=C(O)c3cccc([N+](=O)[O-])c3)C(=O)C(=O)N2CCCOC(C)C)c1. The van der Waals surface area contributed by atoms with Gasteiger partial charge in [-0.1, -0.05) is 24.3 Å². The van der Waals surface area contributed by atoms with E-state index in [1.165, 1.54) is 36.3 Å². The molecule has 1 fully saturated rings. The van der Waals surface area contributed by atoms with Crippen LogP contribution in [0.15, 0.2) is 54.1 Å². The first kappa shape index (κ1) is 23.9. The molecule has 33 heavy (non-hydrogen) atoms. The third-order valence-electron chi connectivity index (χ3n) is 5.27. The van der Waals surface area contributed by atoms with Gasteiger partial charge >= 0.3 is 0 Å². The topological polar surface area (TPSA) is 119 Å². The van der Waals surface area contributed by atoms with E-state index in [0.717, 1.165) is 0 Å². The van der Waals surface area contributed by atoms with Gasteiger partial charge in [0.1, 0.15) is 11.5 Å². The zero-order chi connectivity index (χ0) is 24.1. The first-order valence-electron chi connectivity index (χ1n) is 10.5. The Bertz CT molecular complexity index is 1090. The number of likely N-dealkylation sites (tertiary alicyclic amines) is 1. The van der Waals surface area contributed by atoms with Crippen molar-refractivity contribution in [1.82, 2.24) is 4.90 Å². The average molecular weight is 454 g/mol. The second kappa shape index (κ2) is 10.3. The highest BCUT2D eigenvalue weighted by Gasteiger charge is 2.46. The van der Waals surface area contributed by atoms with Crippen LogP contribution in [0.25, 0.3) is 5.76 Å². The fourth-order valence-electron chi connectivity index (χ4n) is 3.75. The lowest BCUT2D eigenvalue weighted by Crippen LogP contribution is -2.31. The minimum Gasteiger partial charge on any atom is -0.507 e. The van der Waals surface area contributed by atoms with E-state index in [1.807, 2.05) is 13.8 Å². The number of nitro groups is 1. The predicted octanol–water partition coefficient (Wildman–Crippen LogP) is 3.84. The molecule has 2 aromatic rings. The molecule has 0 radical (unpaired) electrons. The van der Waals surface area contributed by atoms with Gasteiger partial charge in [-0.3, -0.25) is 19.7 Å². The molecule has 1 heterocycles. The molecular formula is C24H26N2O7. The summed E-state index contributed by atoms with van der Waals surface area (Å²) in [4.78, 5) is 37.9. The third-order valence-corrected chi connectivity index (χ3v) is 5.27. The van der Waals surface area contributed by atoms with Crippen LogP contribution in [0.3, 0.4) is 0 Å². The summed E-state index contributed by atoms with van der Waals surface area (Å²) in [5, 5.41) is 22.2. The van der Waals surface area contributed by atoms with E-state index in [-0.39, 0.29) is 29.5 Å². The van der Waals surface area contributed by atoms with Crippen molar-refractivity contribution >= 4 is 23.1 Å². The van der Waals surface area contributed by atoms with Crippen LogP contribution < -0.4 is 4.74 Å². The zero-order valence-electron chi connectivity index (χ0n) is 18.7. The van der Waals surface area contributed by atoms with Gasteiger partial charge < -0.3 is 19.5 Å². The van der Waals surface area contributed by atoms with Crippen LogP contribution in [-0.2, 0) is 14.3 Å². The molecule has 0 unspecified atom stereocenters. The molecule has 0 spiro atoms. The van der Waals surface area contributed by atoms with E-state index in [9.17, 15) is 24.8 Å². The largest absolute Gasteiger partial charge is 0.507 e. The van der Waals surface area contributed by atoms with Gasteiger partial charge in [0, 0.05) is 30.8 Å². The molecule has 1 N–H and O–H groups in total. The molecule has 1 aliphatic heterocycles. The highest BCUT2D eigenvalue weighted by atomic mass is 16.6. The molecule has 0 saturated carbocycles. The maximum absolute atomic E-state index is 13.0. The fourth-order valence-corrected chi connectivity index (χ4v) is 3.75. The van der Waals surface area contributed by atoms with Gasteiger partial charge in [0.25, 0.3) is 17.4 Å². The second-order valence-corrected chi connectivity index (χ2v) is 7.85. The molecule has 1 aliphatic rings. The first-order valence-corrected chi connectivity index (χ1v) is 10.5. The molecule has 1 saturated heterocycles. The van der Waals surface area contributed by atoms with Crippen molar-refractivity contribution in [2.75, 3.05) is 20.3 Å². The molecule has 174 valence electrons. The number of hydrogen-bond acceptors (Lipinski definition) is 7. The van der Waals surface area contributed by atoms with Crippen molar-refractivity contribution in [3.05, 3.63) is 75.3 Å². The number of amides is 1. The van der Waals surface area contributed by atoms with Crippen LogP contribution in [0.5, 0.6) is 5.75 Å². The summed E-state index contributed by atoms with van der Waals surface area (Å²) in [5.74, 6) is -1.54. The van der Waals surface area contributed by atoms with Gasteiger partial charge in [-0.25, -0.2) is 0 Å². The van der Waals surface area contributed by atoms with Crippen LogP contribution >= 0.6 is 0 Å². The van der Waals surface area contributed by atoms with Gasteiger partial charge in [0.05, 0.1) is 29.8 Å². The number of hydrogen-bond donors (Lipinski definition) is 1. The summed E-state index contributed by atoms with van der Waals surface area (Å²) in [6, 6.07) is 11.3. The molecule has 0 aromatic heterocycles. The molecule has 9 nitrogen and oxygen atoms in total. The van der Waals surface area contributed by atoms with Crippen molar-refractivity contribution in [2.45, 2.75) is 32.4 Å². The Morgan fingerprint density at radius 3 is 2.58 bits per heavy atom. The van der Waals surface area contributed by atoms with Crippen molar-refractivity contribution < 1.29 is 29.1 Å². The van der Waals surface area contributed by atoms with Crippen molar-refractivity contribution in [1.29, 1.82) is 0 Å².